The van der Waals surface area contributed by atoms with Gasteiger partial charge in [-0.25, -0.2) is 0 Å². The highest BCUT2D eigenvalue weighted by Gasteiger charge is 2.37. The van der Waals surface area contributed by atoms with Gasteiger partial charge < -0.3 is 9.84 Å². The second kappa shape index (κ2) is 5.31. The fourth-order valence-corrected chi connectivity index (χ4v) is 2.09. The molecule has 19 heavy (non-hydrogen) atoms. The monoisotopic (exact) mass is 261 g/mol. The molecule has 1 unspecified atom stereocenters. The van der Waals surface area contributed by atoms with E-state index in [1.165, 1.54) is 6.92 Å². The first-order valence-corrected chi connectivity index (χ1v) is 6.11. The molecule has 0 aliphatic carbocycles. The van der Waals surface area contributed by atoms with Crippen LogP contribution in [0, 0.1) is 18.3 Å². The normalized spacial score (nSPS) is 13.7. The molecule has 0 radical (unpaired) electrons. The maximum absolute atomic E-state index is 11.4. The summed E-state index contributed by atoms with van der Waals surface area (Å²) in [4.78, 5) is 11.4. The molecular weight excluding hydrogens is 242 g/mol. The fraction of sp³-hybridized carbons (Fsp3) is 0.467. The van der Waals surface area contributed by atoms with Crippen molar-refractivity contribution in [1.29, 1.82) is 5.26 Å². The van der Waals surface area contributed by atoms with E-state index in [9.17, 15) is 15.2 Å². The lowest BCUT2D eigenvalue weighted by Crippen LogP contribution is -2.31. The lowest BCUT2D eigenvalue weighted by atomic mass is 9.79. The number of benzene rings is 1. The third kappa shape index (κ3) is 2.55. The highest BCUT2D eigenvalue weighted by molar-refractivity contribution is 5.85. The Morgan fingerprint density at radius 1 is 1.47 bits per heavy atom. The molecule has 102 valence electrons. The summed E-state index contributed by atoms with van der Waals surface area (Å²) in [5, 5.41) is 18.5. The largest absolute Gasteiger partial charge is 0.496 e. The highest BCUT2D eigenvalue weighted by atomic mass is 16.5. The first kappa shape index (κ1) is 15.0. The number of aryl methyl sites for hydroxylation is 1. The number of hydrogen-bond donors (Lipinski definition) is 1. The minimum Gasteiger partial charge on any atom is -0.496 e. The van der Waals surface area contributed by atoms with Crippen LogP contribution in [-0.4, -0.2) is 18.2 Å². The van der Waals surface area contributed by atoms with Crippen LogP contribution in [0.3, 0.4) is 0 Å². The van der Waals surface area contributed by atoms with Crippen molar-refractivity contribution >= 4 is 5.97 Å². The molecule has 0 aliphatic heterocycles. The Morgan fingerprint density at radius 3 is 2.42 bits per heavy atom. The van der Waals surface area contributed by atoms with Gasteiger partial charge in [0.1, 0.15) is 5.75 Å². The van der Waals surface area contributed by atoms with Crippen molar-refractivity contribution in [2.45, 2.75) is 39.0 Å². The van der Waals surface area contributed by atoms with Crippen LogP contribution in [0.2, 0.25) is 0 Å². The third-order valence-electron chi connectivity index (χ3n) is 3.39. The van der Waals surface area contributed by atoms with E-state index in [0.29, 0.717) is 5.56 Å². The van der Waals surface area contributed by atoms with Gasteiger partial charge in [-0.1, -0.05) is 13.8 Å². The highest BCUT2D eigenvalue weighted by Crippen LogP contribution is 2.35. The van der Waals surface area contributed by atoms with Crippen molar-refractivity contribution < 1.29 is 14.6 Å². The Kier molecular flexibility index (Phi) is 4.21. The van der Waals surface area contributed by atoms with Gasteiger partial charge >= 0.3 is 5.97 Å². The van der Waals surface area contributed by atoms with Crippen LogP contribution in [0.15, 0.2) is 12.1 Å². The predicted octanol–water partition coefficient (Wildman–Crippen LogP) is 2.99. The Balaban J connectivity index is 3.58. The standard InChI is InChI=1S/C15H19NO3/c1-9(2)11-7-12(10(3)6-13(11)19-5)15(4,8-16)14(17)18/h6-7,9H,1-5H3,(H,17,18). The zero-order valence-corrected chi connectivity index (χ0v) is 11.9. The lowest BCUT2D eigenvalue weighted by molar-refractivity contribution is -0.141. The summed E-state index contributed by atoms with van der Waals surface area (Å²) in [6, 6.07) is 5.47. The number of methoxy groups -OCH3 is 1. The Labute approximate surface area is 113 Å². The van der Waals surface area contributed by atoms with Crippen molar-refractivity contribution in [2.24, 2.45) is 0 Å². The molecule has 4 nitrogen and oxygen atoms in total. The van der Waals surface area contributed by atoms with E-state index in [0.717, 1.165) is 16.9 Å². The van der Waals surface area contributed by atoms with Gasteiger partial charge in [-0.3, -0.25) is 4.79 Å². The summed E-state index contributed by atoms with van der Waals surface area (Å²) in [6.45, 7) is 7.22. The molecule has 0 saturated carbocycles. The lowest BCUT2D eigenvalue weighted by Gasteiger charge is -2.22. The molecule has 0 heterocycles. The zero-order chi connectivity index (χ0) is 14.8. The Bertz CT molecular complexity index is 543. The van der Waals surface area contributed by atoms with E-state index >= 15 is 0 Å². The van der Waals surface area contributed by atoms with Gasteiger partial charge in [-0.05, 0) is 48.6 Å². The van der Waals surface area contributed by atoms with E-state index in [1.54, 1.807) is 26.2 Å². The average molecular weight is 261 g/mol. The summed E-state index contributed by atoms with van der Waals surface area (Å²) < 4.78 is 5.32. The van der Waals surface area contributed by atoms with Crippen LogP contribution in [-0.2, 0) is 10.2 Å². The van der Waals surface area contributed by atoms with E-state index in [4.69, 9.17) is 4.74 Å². The quantitative estimate of drug-likeness (QED) is 0.904. The molecule has 0 aliphatic rings. The summed E-state index contributed by atoms with van der Waals surface area (Å²) in [7, 11) is 1.58. The molecule has 4 heteroatoms. The van der Waals surface area contributed by atoms with Crippen LogP contribution >= 0.6 is 0 Å². The number of rotatable bonds is 4. The van der Waals surface area contributed by atoms with Crippen LogP contribution < -0.4 is 4.74 Å². The number of carboxylic acid groups (broad SMARTS) is 1. The van der Waals surface area contributed by atoms with Gasteiger partial charge in [0.25, 0.3) is 0 Å². The molecule has 0 saturated heterocycles. The van der Waals surface area contributed by atoms with Crippen molar-refractivity contribution in [2.75, 3.05) is 7.11 Å². The first-order valence-electron chi connectivity index (χ1n) is 6.11. The van der Waals surface area contributed by atoms with E-state index in [2.05, 4.69) is 0 Å². The van der Waals surface area contributed by atoms with Crippen LogP contribution in [0.4, 0.5) is 0 Å². The Hall–Kier alpha value is -2.02. The number of carboxylic acids is 1. The number of hydrogen-bond acceptors (Lipinski definition) is 3. The van der Waals surface area contributed by atoms with Gasteiger partial charge in [0.05, 0.1) is 13.2 Å². The maximum atomic E-state index is 11.4. The molecule has 1 aromatic carbocycles. The van der Waals surface area contributed by atoms with Crippen molar-refractivity contribution in [1.82, 2.24) is 0 Å². The summed E-state index contributed by atoms with van der Waals surface area (Å²) in [5.74, 6) is -0.231. The van der Waals surface area contributed by atoms with Crippen LogP contribution in [0.1, 0.15) is 43.4 Å². The summed E-state index contributed by atoms with van der Waals surface area (Å²) >= 11 is 0. The van der Waals surface area contributed by atoms with E-state index in [-0.39, 0.29) is 5.92 Å². The average Bonchev–Trinajstić information content (AvgIpc) is 2.36. The van der Waals surface area contributed by atoms with Gasteiger partial charge in [-0.15, -0.1) is 0 Å². The summed E-state index contributed by atoms with van der Waals surface area (Å²) in [6.07, 6.45) is 0. The first-order chi connectivity index (χ1) is 8.77. The van der Waals surface area contributed by atoms with Crippen molar-refractivity contribution in [3.8, 4) is 11.8 Å². The molecular formula is C15H19NO3. The predicted molar refractivity (Wildman–Crippen MR) is 72.4 cm³/mol. The second-order valence-corrected chi connectivity index (χ2v) is 5.11. The van der Waals surface area contributed by atoms with Crippen LogP contribution in [0.5, 0.6) is 5.75 Å². The Morgan fingerprint density at radius 2 is 2.05 bits per heavy atom. The number of nitriles is 1. The third-order valence-corrected chi connectivity index (χ3v) is 3.39. The molecule has 1 atom stereocenters. The van der Waals surface area contributed by atoms with Crippen LogP contribution in [0.25, 0.3) is 0 Å². The minimum absolute atomic E-state index is 0.186. The number of nitrogens with zero attached hydrogens (tertiary/aromatic N) is 1. The molecule has 1 aromatic rings. The molecule has 0 aromatic heterocycles. The zero-order valence-electron chi connectivity index (χ0n) is 11.9. The number of carbonyl (C=O) groups is 1. The topological polar surface area (TPSA) is 70.3 Å². The summed E-state index contributed by atoms with van der Waals surface area (Å²) in [5.41, 5.74) is 0.630. The number of ether oxygens (including phenoxy) is 1. The van der Waals surface area contributed by atoms with Gasteiger partial charge in [0.2, 0.25) is 0 Å². The van der Waals surface area contributed by atoms with Gasteiger partial charge in [-0.2, -0.15) is 5.26 Å². The van der Waals surface area contributed by atoms with Gasteiger partial charge in [0, 0.05) is 0 Å². The SMILES string of the molecule is COc1cc(C)c(C(C)(C#N)C(=O)O)cc1C(C)C. The van der Waals surface area contributed by atoms with E-state index < -0.39 is 11.4 Å². The maximum Gasteiger partial charge on any atom is 0.328 e. The molecule has 0 spiro atoms. The molecule has 0 bridgehead atoms. The minimum atomic E-state index is -1.54. The van der Waals surface area contributed by atoms with Crippen molar-refractivity contribution in [3.05, 3.63) is 28.8 Å². The molecule has 0 fully saturated rings. The van der Waals surface area contributed by atoms with Gasteiger partial charge in [0.15, 0.2) is 5.41 Å². The van der Waals surface area contributed by atoms with E-state index in [1.807, 2.05) is 19.9 Å². The second-order valence-electron chi connectivity index (χ2n) is 5.11. The molecule has 0 amide bonds. The fourth-order valence-electron chi connectivity index (χ4n) is 2.09. The molecule has 1 rings (SSSR count). The smallest absolute Gasteiger partial charge is 0.328 e. The number of aliphatic carboxylic acids is 1. The molecule has 1 N–H and O–H groups in total. The van der Waals surface area contributed by atoms with Crippen molar-refractivity contribution in [3.63, 3.8) is 0 Å².